The summed E-state index contributed by atoms with van der Waals surface area (Å²) in [7, 11) is 0. The van der Waals surface area contributed by atoms with Crippen molar-refractivity contribution in [2.75, 3.05) is 5.32 Å². The Balaban J connectivity index is 1.96. The Morgan fingerprint density at radius 3 is 2.12 bits per heavy atom. The molecule has 0 unspecified atom stereocenters. The third-order valence-electron chi connectivity index (χ3n) is 3.51. The number of nitrogens with one attached hydrogen (secondary N) is 2. The highest BCUT2D eigenvalue weighted by atomic mass is 19.1. The average Bonchev–Trinajstić information content (AvgIpc) is 2.54. The molecule has 0 spiro atoms. The largest absolute Gasteiger partial charge is 0.444 e. The van der Waals surface area contributed by atoms with Gasteiger partial charge in [0.1, 0.15) is 11.4 Å². The molecule has 0 aromatic heterocycles. The second kappa shape index (κ2) is 7.99. The average molecular weight is 358 g/mol. The van der Waals surface area contributed by atoms with Crippen molar-refractivity contribution < 1.29 is 18.7 Å². The first-order valence-corrected chi connectivity index (χ1v) is 8.30. The van der Waals surface area contributed by atoms with E-state index in [0.717, 1.165) is 5.56 Å². The molecular formula is C20H23FN2O3. The summed E-state index contributed by atoms with van der Waals surface area (Å²) in [5.74, 6) is -0.713. The fourth-order valence-corrected chi connectivity index (χ4v) is 2.23. The van der Waals surface area contributed by atoms with Gasteiger partial charge in [0.15, 0.2) is 0 Å². The summed E-state index contributed by atoms with van der Waals surface area (Å²) in [6.07, 6.45) is -0.487. The number of hydrogen-bond acceptors (Lipinski definition) is 3. The number of amides is 2. The van der Waals surface area contributed by atoms with Crippen LogP contribution < -0.4 is 10.6 Å². The van der Waals surface area contributed by atoms with E-state index in [-0.39, 0.29) is 11.9 Å². The third kappa shape index (κ3) is 5.88. The van der Waals surface area contributed by atoms with Crippen LogP contribution in [-0.2, 0) is 4.74 Å². The van der Waals surface area contributed by atoms with Crippen LogP contribution in [0.4, 0.5) is 14.9 Å². The molecular weight excluding hydrogens is 335 g/mol. The van der Waals surface area contributed by atoms with Gasteiger partial charge in [-0.05, 0) is 69.7 Å². The number of alkyl carbamates (subject to hydrolysis) is 1. The third-order valence-corrected chi connectivity index (χ3v) is 3.51. The lowest BCUT2D eigenvalue weighted by Crippen LogP contribution is -2.34. The molecule has 0 aliphatic heterocycles. The minimum absolute atomic E-state index is 0.244. The summed E-state index contributed by atoms with van der Waals surface area (Å²) < 4.78 is 18.1. The smallest absolute Gasteiger partial charge is 0.408 e. The maximum Gasteiger partial charge on any atom is 0.408 e. The second-order valence-electron chi connectivity index (χ2n) is 6.95. The van der Waals surface area contributed by atoms with Crippen LogP contribution in [0.2, 0.25) is 0 Å². The van der Waals surface area contributed by atoms with Crippen LogP contribution in [0.15, 0.2) is 48.5 Å². The van der Waals surface area contributed by atoms with Crippen molar-refractivity contribution in [3.8, 4) is 0 Å². The predicted molar refractivity (Wildman–Crippen MR) is 98.6 cm³/mol. The summed E-state index contributed by atoms with van der Waals surface area (Å²) >= 11 is 0. The summed E-state index contributed by atoms with van der Waals surface area (Å²) in [6, 6.07) is 12.2. The highest BCUT2D eigenvalue weighted by Crippen LogP contribution is 2.18. The van der Waals surface area contributed by atoms with Crippen LogP contribution in [-0.4, -0.2) is 17.6 Å². The Morgan fingerprint density at radius 1 is 1.00 bits per heavy atom. The van der Waals surface area contributed by atoms with Crippen LogP contribution in [0.25, 0.3) is 0 Å². The molecule has 2 rings (SSSR count). The Morgan fingerprint density at radius 2 is 1.58 bits per heavy atom. The van der Waals surface area contributed by atoms with E-state index in [1.807, 2.05) is 19.1 Å². The van der Waals surface area contributed by atoms with E-state index >= 15 is 0 Å². The molecule has 0 aliphatic carbocycles. The topological polar surface area (TPSA) is 67.4 Å². The number of carbonyl (C=O) groups excluding carboxylic acids is 2. The zero-order chi connectivity index (χ0) is 19.3. The molecule has 0 saturated carbocycles. The lowest BCUT2D eigenvalue weighted by Gasteiger charge is -2.22. The number of carbonyl (C=O) groups is 2. The monoisotopic (exact) mass is 358 g/mol. The molecule has 138 valence electrons. The Labute approximate surface area is 152 Å². The van der Waals surface area contributed by atoms with Gasteiger partial charge in [-0.2, -0.15) is 0 Å². The zero-order valence-corrected chi connectivity index (χ0v) is 15.3. The Kier molecular flexibility index (Phi) is 5.97. The summed E-state index contributed by atoms with van der Waals surface area (Å²) in [5.41, 5.74) is 1.29. The highest BCUT2D eigenvalue weighted by molar-refractivity contribution is 6.04. The second-order valence-corrected chi connectivity index (χ2v) is 6.95. The lowest BCUT2D eigenvalue weighted by molar-refractivity contribution is 0.0508. The molecule has 1 atom stereocenters. The predicted octanol–water partition coefficient (Wildman–Crippen LogP) is 4.66. The maximum atomic E-state index is 12.9. The van der Waals surface area contributed by atoms with Crippen LogP contribution in [0.3, 0.4) is 0 Å². The molecule has 2 amide bonds. The van der Waals surface area contributed by atoms with E-state index in [2.05, 4.69) is 10.6 Å². The number of benzene rings is 2. The highest BCUT2D eigenvalue weighted by Gasteiger charge is 2.18. The van der Waals surface area contributed by atoms with E-state index in [1.54, 1.807) is 32.9 Å². The van der Waals surface area contributed by atoms with Gasteiger partial charge in [0.25, 0.3) is 5.91 Å². The SMILES string of the molecule is C[C@H](NC(=O)OC(C)(C)C)c1ccc(NC(=O)c2ccc(F)cc2)cc1. The molecule has 6 heteroatoms. The normalized spacial score (nSPS) is 12.2. The van der Waals surface area contributed by atoms with Crippen molar-refractivity contribution in [1.82, 2.24) is 5.32 Å². The van der Waals surface area contributed by atoms with Crippen LogP contribution in [0.1, 0.15) is 49.7 Å². The van der Waals surface area contributed by atoms with Gasteiger partial charge in [-0.1, -0.05) is 12.1 Å². The standard InChI is InChI=1S/C20H23FN2O3/c1-13(22-19(25)26-20(2,3)4)14-7-11-17(12-8-14)23-18(24)15-5-9-16(21)10-6-15/h5-13H,1-4H3,(H,22,25)(H,23,24)/t13-/m0/s1. The minimum Gasteiger partial charge on any atom is -0.444 e. The number of hydrogen-bond donors (Lipinski definition) is 2. The van der Waals surface area contributed by atoms with E-state index in [0.29, 0.717) is 11.3 Å². The molecule has 0 saturated heterocycles. The van der Waals surface area contributed by atoms with Gasteiger partial charge >= 0.3 is 6.09 Å². The van der Waals surface area contributed by atoms with Crippen molar-refractivity contribution in [3.05, 3.63) is 65.5 Å². The van der Waals surface area contributed by atoms with E-state index < -0.39 is 17.5 Å². The first-order chi connectivity index (χ1) is 12.1. The van der Waals surface area contributed by atoms with Crippen molar-refractivity contribution in [1.29, 1.82) is 0 Å². The first kappa shape index (κ1) is 19.4. The summed E-state index contributed by atoms with van der Waals surface area (Å²) in [5, 5.41) is 5.50. The van der Waals surface area contributed by atoms with E-state index in [4.69, 9.17) is 4.74 Å². The van der Waals surface area contributed by atoms with E-state index in [1.165, 1.54) is 24.3 Å². The molecule has 2 aromatic rings. The number of halogens is 1. The van der Waals surface area contributed by atoms with Crippen LogP contribution in [0, 0.1) is 5.82 Å². The van der Waals surface area contributed by atoms with Crippen molar-refractivity contribution in [3.63, 3.8) is 0 Å². The molecule has 2 aromatic carbocycles. The molecule has 0 aliphatic rings. The fraction of sp³-hybridized carbons (Fsp3) is 0.300. The molecule has 0 radical (unpaired) electrons. The minimum atomic E-state index is -0.557. The zero-order valence-electron chi connectivity index (χ0n) is 15.3. The molecule has 26 heavy (non-hydrogen) atoms. The van der Waals surface area contributed by atoms with Gasteiger partial charge in [0, 0.05) is 11.3 Å². The number of rotatable bonds is 4. The van der Waals surface area contributed by atoms with Crippen molar-refractivity contribution in [2.24, 2.45) is 0 Å². The van der Waals surface area contributed by atoms with Gasteiger partial charge in [0.05, 0.1) is 6.04 Å². The van der Waals surface area contributed by atoms with Gasteiger partial charge < -0.3 is 15.4 Å². The van der Waals surface area contributed by atoms with Gasteiger partial charge in [0.2, 0.25) is 0 Å². The fourth-order valence-electron chi connectivity index (χ4n) is 2.23. The van der Waals surface area contributed by atoms with Gasteiger partial charge in [-0.15, -0.1) is 0 Å². The molecule has 0 fully saturated rings. The maximum absolute atomic E-state index is 12.9. The molecule has 5 nitrogen and oxygen atoms in total. The van der Waals surface area contributed by atoms with Crippen LogP contribution in [0.5, 0.6) is 0 Å². The van der Waals surface area contributed by atoms with E-state index in [9.17, 15) is 14.0 Å². The van der Waals surface area contributed by atoms with Crippen molar-refractivity contribution >= 4 is 17.7 Å². The Hall–Kier alpha value is -2.89. The van der Waals surface area contributed by atoms with Gasteiger partial charge in [-0.25, -0.2) is 9.18 Å². The molecule has 0 bridgehead atoms. The first-order valence-electron chi connectivity index (χ1n) is 8.30. The molecule has 0 heterocycles. The Bertz CT molecular complexity index is 765. The van der Waals surface area contributed by atoms with Gasteiger partial charge in [-0.3, -0.25) is 4.79 Å². The lowest BCUT2D eigenvalue weighted by atomic mass is 10.1. The molecule has 2 N–H and O–H groups in total. The van der Waals surface area contributed by atoms with Crippen molar-refractivity contribution in [2.45, 2.75) is 39.3 Å². The number of anilines is 1. The summed E-state index contributed by atoms with van der Waals surface area (Å²) in [6.45, 7) is 7.25. The number of ether oxygens (including phenoxy) is 1. The summed E-state index contributed by atoms with van der Waals surface area (Å²) in [4.78, 5) is 23.9. The quantitative estimate of drug-likeness (QED) is 0.835. The van der Waals surface area contributed by atoms with Crippen LogP contribution >= 0.6 is 0 Å².